The Hall–Kier alpha value is 0.680. The molecule has 1 aliphatic rings. The third kappa shape index (κ3) is 4.36. The zero-order valence-electron chi connectivity index (χ0n) is 8.81. The summed E-state index contributed by atoms with van der Waals surface area (Å²) in [5.41, 5.74) is 0. The Bertz CT molecular complexity index is 308. The second-order valence-electron chi connectivity index (χ2n) is 3.58. The van der Waals surface area contributed by atoms with Gasteiger partial charge in [-0.25, -0.2) is 0 Å². The average Bonchev–Trinajstić information content (AvgIpc) is 2.25. The largest absolute Gasteiger partial charge is 0.335 e. The van der Waals surface area contributed by atoms with Gasteiger partial charge in [0.1, 0.15) is 0 Å². The predicted octanol–water partition coefficient (Wildman–Crippen LogP) is 2.40. The van der Waals surface area contributed by atoms with Crippen LogP contribution in [0.25, 0.3) is 0 Å². The maximum absolute atomic E-state index is 11.6. The van der Waals surface area contributed by atoms with E-state index in [1.165, 1.54) is 9.80 Å². The summed E-state index contributed by atoms with van der Waals surface area (Å²) in [6, 6.07) is 0. The van der Waals surface area contributed by atoms with E-state index < -0.39 is 19.4 Å². The second kappa shape index (κ2) is 5.98. The summed E-state index contributed by atoms with van der Waals surface area (Å²) in [6.07, 6.45) is 0. The molecule has 1 fully saturated rings. The van der Waals surface area contributed by atoms with Gasteiger partial charge in [-0.3, -0.25) is 9.59 Å². The van der Waals surface area contributed by atoms with Crippen molar-refractivity contribution in [1.29, 1.82) is 0 Å². The van der Waals surface area contributed by atoms with E-state index in [0.29, 0.717) is 0 Å². The van der Waals surface area contributed by atoms with Gasteiger partial charge in [-0.2, -0.15) is 0 Å². The number of rotatable bonds is 0. The van der Waals surface area contributed by atoms with Crippen LogP contribution in [0.2, 0.25) is 0 Å². The van der Waals surface area contributed by atoms with Crippen molar-refractivity contribution in [2.24, 2.45) is 0 Å². The summed E-state index contributed by atoms with van der Waals surface area (Å²) < 4.78 is -4.00. The van der Waals surface area contributed by atoms with Crippen LogP contribution in [0.3, 0.4) is 0 Å². The van der Waals surface area contributed by atoms with E-state index in [1.807, 2.05) is 0 Å². The molecule has 0 unspecified atom stereocenters. The Labute approximate surface area is 134 Å². The second-order valence-corrected chi connectivity index (χ2v) is 8.14. The van der Waals surface area contributed by atoms with Crippen LogP contribution in [0.1, 0.15) is 0 Å². The summed E-state index contributed by atoms with van der Waals surface area (Å²) in [5.74, 6) is -1.26. The SMILES string of the molecule is O=C(N1CCN(C(=O)C(Cl)(Cl)Cl)CC1)C(Cl)(Cl)Cl. The highest BCUT2D eigenvalue weighted by atomic mass is 35.6. The number of piperazine rings is 1. The van der Waals surface area contributed by atoms with Gasteiger partial charge >= 0.3 is 0 Å². The fourth-order valence-electron chi connectivity index (χ4n) is 1.47. The first-order valence-electron chi connectivity index (χ1n) is 4.75. The third-order valence-electron chi connectivity index (χ3n) is 2.34. The number of halogens is 6. The molecule has 10 heteroatoms. The van der Waals surface area contributed by atoms with Gasteiger partial charge in [0.15, 0.2) is 0 Å². The van der Waals surface area contributed by atoms with Crippen molar-refractivity contribution in [3.05, 3.63) is 0 Å². The quantitative estimate of drug-likeness (QED) is 0.609. The summed E-state index contributed by atoms with van der Waals surface area (Å²) in [6.45, 7) is 0.886. The van der Waals surface area contributed by atoms with Crippen LogP contribution in [0.4, 0.5) is 0 Å². The maximum Gasteiger partial charge on any atom is 0.274 e. The van der Waals surface area contributed by atoms with Crippen molar-refractivity contribution in [2.45, 2.75) is 7.59 Å². The fourth-order valence-corrected chi connectivity index (χ4v) is 2.19. The molecule has 0 atom stereocenters. The van der Waals surface area contributed by atoms with E-state index in [2.05, 4.69) is 0 Å². The first kappa shape index (κ1) is 16.7. The van der Waals surface area contributed by atoms with E-state index in [4.69, 9.17) is 69.6 Å². The molecule has 0 saturated carbocycles. The highest BCUT2D eigenvalue weighted by molar-refractivity contribution is 6.76. The van der Waals surface area contributed by atoms with E-state index in [1.54, 1.807) is 0 Å². The van der Waals surface area contributed by atoms with Gasteiger partial charge in [0.05, 0.1) is 0 Å². The summed E-state index contributed by atoms with van der Waals surface area (Å²) >= 11 is 32.9. The number of nitrogens with zero attached hydrogens (tertiary/aromatic N) is 2. The lowest BCUT2D eigenvalue weighted by molar-refractivity contribution is -0.138. The van der Waals surface area contributed by atoms with Crippen LogP contribution in [0.15, 0.2) is 0 Å². The Morgan fingerprint density at radius 1 is 0.667 bits per heavy atom. The lowest BCUT2D eigenvalue weighted by Crippen LogP contribution is -2.55. The number of carbonyl (C=O) groups excluding carboxylic acids is 2. The Morgan fingerprint density at radius 3 is 1.06 bits per heavy atom. The highest BCUT2D eigenvalue weighted by Crippen LogP contribution is 2.31. The summed E-state index contributed by atoms with van der Waals surface area (Å²) in [7, 11) is 0. The van der Waals surface area contributed by atoms with E-state index in [0.717, 1.165) is 0 Å². The molecule has 0 spiro atoms. The molecule has 1 heterocycles. The molecule has 0 aliphatic carbocycles. The molecule has 18 heavy (non-hydrogen) atoms. The molecule has 0 bridgehead atoms. The lowest BCUT2D eigenvalue weighted by atomic mass is 10.3. The Balaban J connectivity index is 2.57. The lowest BCUT2D eigenvalue weighted by Gasteiger charge is -2.36. The molecular formula is C8H8Cl6N2O2. The standard InChI is InChI=1S/C8H8Cl6N2O2/c9-7(10,11)5(17)15-1-2-16(4-3-15)6(18)8(12,13)14/h1-4H2. The van der Waals surface area contributed by atoms with Crippen molar-refractivity contribution in [2.75, 3.05) is 26.2 Å². The minimum absolute atomic E-state index is 0.221. The van der Waals surface area contributed by atoms with Crippen LogP contribution in [-0.2, 0) is 9.59 Å². The number of carbonyl (C=O) groups is 2. The van der Waals surface area contributed by atoms with Gasteiger partial charge in [-0.1, -0.05) is 69.6 Å². The number of alkyl halides is 6. The molecule has 2 amide bonds. The predicted molar refractivity (Wildman–Crippen MR) is 73.7 cm³/mol. The maximum atomic E-state index is 11.6. The zero-order valence-corrected chi connectivity index (χ0v) is 13.3. The first-order valence-corrected chi connectivity index (χ1v) is 7.02. The van der Waals surface area contributed by atoms with E-state index in [9.17, 15) is 9.59 Å². The molecule has 0 aromatic heterocycles. The molecule has 0 aromatic rings. The molecule has 104 valence electrons. The van der Waals surface area contributed by atoms with E-state index in [-0.39, 0.29) is 26.2 Å². The van der Waals surface area contributed by atoms with Crippen LogP contribution >= 0.6 is 69.6 Å². The summed E-state index contributed by atoms with van der Waals surface area (Å²) in [4.78, 5) is 26.0. The average molecular weight is 377 g/mol. The highest BCUT2D eigenvalue weighted by Gasteiger charge is 2.40. The third-order valence-corrected chi connectivity index (χ3v) is 3.31. The molecule has 1 rings (SSSR count). The molecule has 1 saturated heterocycles. The summed E-state index contributed by atoms with van der Waals surface area (Å²) in [5, 5.41) is 0. The molecule has 4 nitrogen and oxygen atoms in total. The van der Waals surface area contributed by atoms with E-state index >= 15 is 0 Å². The topological polar surface area (TPSA) is 40.6 Å². The number of hydrogen-bond donors (Lipinski definition) is 0. The minimum Gasteiger partial charge on any atom is -0.335 e. The first-order chi connectivity index (χ1) is 8.03. The molecule has 0 aromatic carbocycles. The van der Waals surface area contributed by atoms with Gasteiger partial charge in [-0.15, -0.1) is 0 Å². The number of amides is 2. The van der Waals surface area contributed by atoms with Gasteiger partial charge in [0, 0.05) is 26.2 Å². The van der Waals surface area contributed by atoms with Crippen LogP contribution in [-0.4, -0.2) is 55.4 Å². The van der Waals surface area contributed by atoms with Crippen molar-refractivity contribution >= 4 is 81.4 Å². The van der Waals surface area contributed by atoms with Crippen molar-refractivity contribution in [3.63, 3.8) is 0 Å². The van der Waals surface area contributed by atoms with Crippen molar-refractivity contribution < 1.29 is 9.59 Å². The smallest absolute Gasteiger partial charge is 0.274 e. The Kier molecular flexibility index (Phi) is 5.56. The monoisotopic (exact) mass is 374 g/mol. The number of hydrogen-bond acceptors (Lipinski definition) is 2. The van der Waals surface area contributed by atoms with Crippen LogP contribution in [0, 0.1) is 0 Å². The molecule has 0 N–H and O–H groups in total. The van der Waals surface area contributed by atoms with Crippen molar-refractivity contribution in [1.82, 2.24) is 9.80 Å². The van der Waals surface area contributed by atoms with Gasteiger partial charge in [0.2, 0.25) is 0 Å². The molecular weight excluding hydrogens is 369 g/mol. The fraction of sp³-hybridized carbons (Fsp3) is 0.750. The van der Waals surface area contributed by atoms with Gasteiger partial charge in [0.25, 0.3) is 19.4 Å². The molecule has 1 aliphatic heterocycles. The van der Waals surface area contributed by atoms with Gasteiger partial charge in [-0.05, 0) is 0 Å². The van der Waals surface area contributed by atoms with Crippen LogP contribution in [0.5, 0.6) is 0 Å². The van der Waals surface area contributed by atoms with Crippen LogP contribution < -0.4 is 0 Å². The van der Waals surface area contributed by atoms with Crippen molar-refractivity contribution in [3.8, 4) is 0 Å². The molecule has 0 radical (unpaired) electrons. The normalized spacial score (nSPS) is 17.9. The van der Waals surface area contributed by atoms with Gasteiger partial charge < -0.3 is 9.80 Å². The minimum atomic E-state index is -2.00. The zero-order chi connectivity index (χ0) is 14.1. The Morgan fingerprint density at radius 2 is 0.889 bits per heavy atom.